The van der Waals surface area contributed by atoms with Crippen molar-refractivity contribution in [2.45, 2.75) is 6.42 Å². The van der Waals surface area contributed by atoms with Crippen LogP contribution in [0.3, 0.4) is 0 Å². The number of carbonyl (C=O) groups excluding carboxylic acids is 1. The number of benzene rings is 2. The second kappa shape index (κ2) is 6.54. The van der Waals surface area contributed by atoms with Crippen LogP contribution in [0, 0.1) is 5.82 Å². The lowest BCUT2D eigenvalue weighted by Crippen LogP contribution is -2.11. The zero-order valence-electron chi connectivity index (χ0n) is 12.7. The molecule has 2 aromatic carbocycles. The van der Waals surface area contributed by atoms with Crippen LogP contribution in [-0.4, -0.2) is 28.4 Å². The SMILES string of the molecule is O=C(CCNc1c(C(=O)O)[nH]c2cc(F)ccc12)c1ccccc1. The average molecular weight is 326 g/mol. The number of carboxylic acid groups (broad SMARTS) is 1. The smallest absolute Gasteiger partial charge is 0.354 e. The molecular weight excluding hydrogens is 311 g/mol. The molecule has 5 nitrogen and oxygen atoms in total. The Labute approximate surface area is 137 Å². The molecule has 0 bridgehead atoms. The molecule has 0 amide bonds. The van der Waals surface area contributed by atoms with Crippen molar-refractivity contribution in [2.24, 2.45) is 0 Å². The number of ketones is 1. The number of H-pyrrole nitrogens is 1. The summed E-state index contributed by atoms with van der Waals surface area (Å²) in [7, 11) is 0. The summed E-state index contributed by atoms with van der Waals surface area (Å²) in [5, 5.41) is 12.8. The summed E-state index contributed by atoms with van der Waals surface area (Å²) in [5.41, 5.74) is 1.31. The topological polar surface area (TPSA) is 82.2 Å². The van der Waals surface area contributed by atoms with E-state index in [0.29, 0.717) is 22.2 Å². The Kier molecular flexibility index (Phi) is 4.29. The van der Waals surface area contributed by atoms with Gasteiger partial charge in [-0.3, -0.25) is 4.79 Å². The molecule has 0 radical (unpaired) electrons. The van der Waals surface area contributed by atoms with Gasteiger partial charge in [-0.05, 0) is 18.2 Å². The monoisotopic (exact) mass is 326 g/mol. The predicted octanol–water partition coefficient (Wildman–Crippen LogP) is 3.69. The van der Waals surface area contributed by atoms with Gasteiger partial charge in [0.2, 0.25) is 0 Å². The van der Waals surface area contributed by atoms with E-state index in [4.69, 9.17) is 0 Å². The third-order valence-electron chi connectivity index (χ3n) is 3.72. The molecule has 122 valence electrons. The summed E-state index contributed by atoms with van der Waals surface area (Å²) in [6.07, 6.45) is 0.219. The number of carbonyl (C=O) groups is 2. The molecule has 0 fully saturated rings. The van der Waals surface area contributed by atoms with Crippen LogP contribution in [-0.2, 0) is 0 Å². The highest BCUT2D eigenvalue weighted by atomic mass is 19.1. The number of nitrogens with one attached hydrogen (secondary N) is 2. The van der Waals surface area contributed by atoms with Gasteiger partial charge in [-0.15, -0.1) is 0 Å². The zero-order chi connectivity index (χ0) is 17.1. The Morgan fingerprint density at radius 1 is 1.12 bits per heavy atom. The van der Waals surface area contributed by atoms with E-state index in [1.165, 1.54) is 18.2 Å². The molecule has 1 aromatic heterocycles. The van der Waals surface area contributed by atoms with Crippen LogP contribution < -0.4 is 5.32 Å². The second-order valence-corrected chi connectivity index (χ2v) is 5.34. The van der Waals surface area contributed by atoms with Crippen molar-refractivity contribution in [2.75, 3.05) is 11.9 Å². The van der Waals surface area contributed by atoms with Crippen molar-refractivity contribution in [1.29, 1.82) is 0 Å². The van der Waals surface area contributed by atoms with Gasteiger partial charge in [0.25, 0.3) is 0 Å². The fourth-order valence-corrected chi connectivity index (χ4v) is 2.58. The first-order chi connectivity index (χ1) is 11.6. The van der Waals surface area contributed by atoms with E-state index >= 15 is 0 Å². The number of halogens is 1. The molecule has 0 spiro atoms. The minimum Gasteiger partial charge on any atom is -0.477 e. The molecule has 3 N–H and O–H groups in total. The Hall–Kier alpha value is -3.15. The first-order valence-corrected chi connectivity index (χ1v) is 7.43. The number of Topliss-reactive ketones (excluding diaryl/α,β-unsaturated/α-hetero) is 1. The lowest BCUT2D eigenvalue weighted by atomic mass is 10.1. The Morgan fingerprint density at radius 2 is 1.88 bits per heavy atom. The Balaban J connectivity index is 1.78. The maximum absolute atomic E-state index is 13.3. The van der Waals surface area contributed by atoms with E-state index < -0.39 is 11.8 Å². The summed E-state index contributed by atoms with van der Waals surface area (Å²) in [5.74, 6) is -1.64. The van der Waals surface area contributed by atoms with Crippen LogP contribution in [0.4, 0.5) is 10.1 Å². The largest absolute Gasteiger partial charge is 0.477 e. The van der Waals surface area contributed by atoms with Crippen molar-refractivity contribution in [3.63, 3.8) is 0 Å². The van der Waals surface area contributed by atoms with Gasteiger partial charge in [-0.1, -0.05) is 30.3 Å². The van der Waals surface area contributed by atoms with Gasteiger partial charge >= 0.3 is 5.97 Å². The molecule has 0 atom stereocenters. The van der Waals surface area contributed by atoms with Gasteiger partial charge in [0.15, 0.2) is 5.78 Å². The van der Waals surface area contributed by atoms with Crippen LogP contribution in [0.1, 0.15) is 27.3 Å². The molecule has 0 saturated heterocycles. The highest BCUT2D eigenvalue weighted by Crippen LogP contribution is 2.28. The van der Waals surface area contributed by atoms with Gasteiger partial charge in [-0.2, -0.15) is 0 Å². The predicted molar refractivity (Wildman–Crippen MR) is 89.1 cm³/mol. The molecule has 6 heteroatoms. The number of rotatable bonds is 6. The van der Waals surface area contributed by atoms with E-state index in [0.717, 1.165) is 0 Å². The van der Waals surface area contributed by atoms with Gasteiger partial charge < -0.3 is 15.4 Å². The van der Waals surface area contributed by atoms with Crippen molar-refractivity contribution < 1.29 is 19.1 Å². The fraction of sp³-hybridized carbons (Fsp3) is 0.111. The standard InChI is InChI=1S/C18H15FN2O3/c19-12-6-7-13-14(10-12)21-17(18(23)24)16(13)20-9-8-15(22)11-4-2-1-3-5-11/h1-7,10,20-21H,8-9H2,(H,23,24). The normalized spacial score (nSPS) is 10.7. The molecule has 1 heterocycles. The Bertz CT molecular complexity index is 903. The molecular formula is C18H15FN2O3. The van der Waals surface area contributed by atoms with Crippen molar-refractivity contribution >= 4 is 28.3 Å². The van der Waals surface area contributed by atoms with Crippen LogP contribution >= 0.6 is 0 Å². The van der Waals surface area contributed by atoms with Crippen LogP contribution in [0.25, 0.3) is 10.9 Å². The lowest BCUT2D eigenvalue weighted by Gasteiger charge is -2.06. The van der Waals surface area contributed by atoms with Gasteiger partial charge in [0, 0.05) is 23.9 Å². The first-order valence-electron chi connectivity index (χ1n) is 7.43. The third kappa shape index (κ3) is 3.12. The summed E-state index contributed by atoms with van der Waals surface area (Å²) >= 11 is 0. The number of anilines is 1. The number of carboxylic acids is 1. The number of aromatic nitrogens is 1. The quantitative estimate of drug-likeness (QED) is 0.603. The highest BCUT2D eigenvalue weighted by Gasteiger charge is 2.17. The summed E-state index contributed by atoms with van der Waals surface area (Å²) in [6.45, 7) is 0.276. The number of aromatic amines is 1. The summed E-state index contributed by atoms with van der Waals surface area (Å²) in [6, 6.07) is 12.9. The second-order valence-electron chi connectivity index (χ2n) is 5.34. The summed E-state index contributed by atoms with van der Waals surface area (Å²) < 4.78 is 13.3. The van der Waals surface area contributed by atoms with Gasteiger partial charge in [-0.25, -0.2) is 9.18 Å². The summed E-state index contributed by atoms with van der Waals surface area (Å²) in [4.78, 5) is 26.1. The minimum absolute atomic E-state index is 0.0362. The zero-order valence-corrected chi connectivity index (χ0v) is 12.7. The maximum atomic E-state index is 13.3. The fourth-order valence-electron chi connectivity index (χ4n) is 2.58. The highest BCUT2D eigenvalue weighted by molar-refractivity contribution is 6.05. The average Bonchev–Trinajstić information content (AvgIpc) is 2.93. The number of hydrogen-bond acceptors (Lipinski definition) is 3. The molecule has 3 rings (SSSR count). The molecule has 3 aromatic rings. The number of aromatic carboxylic acids is 1. The van der Waals surface area contributed by atoms with E-state index in [-0.39, 0.29) is 24.4 Å². The number of fused-ring (bicyclic) bond motifs is 1. The van der Waals surface area contributed by atoms with Gasteiger partial charge in [0.1, 0.15) is 11.5 Å². The van der Waals surface area contributed by atoms with E-state index in [1.807, 2.05) is 6.07 Å². The molecule has 24 heavy (non-hydrogen) atoms. The van der Waals surface area contributed by atoms with E-state index in [9.17, 15) is 19.1 Å². The molecule has 0 aliphatic rings. The number of hydrogen-bond donors (Lipinski definition) is 3. The van der Waals surface area contributed by atoms with Crippen LogP contribution in [0.15, 0.2) is 48.5 Å². The Morgan fingerprint density at radius 3 is 2.58 bits per heavy atom. The van der Waals surface area contributed by atoms with E-state index in [2.05, 4.69) is 10.3 Å². The molecule has 0 unspecified atom stereocenters. The molecule has 0 saturated carbocycles. The van der Waals surface area contributed by atoms with Gasteiger partial charge in [0.05, 0.1) is 11.2 Å². The van der Waals surface area contributed by atoms with Crippen LogP contribution in [0.2, 0.25) is 0 Å². The van der Waals surface area contributed by atoms with Crippen LogP contribution in [0.5, 0.6) is 0 Å². The van der Waals surface area contributed by atoms with E-state index in [1.54, 1.807) is 24.3 Å². The lowest BCUT2D eigenvalue weighted by molar-refractivity contribution is 0.0692. The van der Waals surface area contributed by atoms with Crippen molar-refractivity contribution in [3.05, 3.63) is 65.6 Å². The minimum atomic E-state index is -1.15. The van der Waals surface area contributed by atoms with Crippen molar-refractivity contribution in [1.82, 2.24) is 4.98 Å². The molecule has 0 aliphatic carbocycles. The maximum Gasteiger partial charge on any atom is 0.354 e. The molecule has 0 aliphatic heterocycles. The first kappa shape index (κ1) is 15.7. The van der Waals surface area contributed by atoms with Crippen molar-refractivity contribution in [3.8, 4) is 0 Å². The third-order valence-corrected chi connectivity index (χ3v) is 3.72.